The third-order valence-corrected chi connectivity index (χ3v) is 6.30. The molecule has 4 rings (SSSR count). The molecular formula is C23H27BrN2O3. The highest BCUT2D eigenvalue weighted by Gasteiger charge is 2.39. The first kappa shape index (κ1) is 20.1. The second-order valence-electron chi connectivity index (χ2n) is 7.63. The largest absolute Gasteiger partial charge is 0.455 e. The Morgan fingerprint density at radius 3 is 2.83 bits per heavy atom. The number of piperidine rings is 1. The minimum atomic E-state index is -0.331. The van der Waals surface area contributed by atoms with Crippen molar-refractivity contribution in [2.75, 3.05) is 11.4 Å². The number of halogens is 1. The number of para-hydroxylation sites is 1. The van der Waals surface area contributed by atoms with Gasteiger partial charge >= 0.3 is 6.09 Å². The maximum Gasteiger partial charge on any atom is 0.407 e. The van der Waals surface area contributed by atoms with Gasteiger partial charge in [-0.05, 0) is 49.9 Å². The molecule has 0 aromatic heterocycles. The van der Waals surface area contributed by atoms with Crippen molar-refractivity contribution in [3.05, 3.63) is 52.5 Å². The van der Waals surface area contributed by atoms with Crippen molar-refractivity contribution < 1.29 is 14.3 Å². The zero-order chi connectivity index (χ0) is 20.4. The number of benzene rings is 2. The topological polar surface area (TPSA) is 50.8 Å². The number of alkyl carbamates (subject to hydrolysis) is 1. The van der Waals surface area contributed by atoms with E-state index in [-0.39, 0.29) is 24.3 Å². The first-order valence-corrected chi connectivity index (χ1v) is 11.2. The lowest BCUT2D eigenvalue weighted by Crippen LogP contribution is -2.50. The second kappa shape index (κ2) is 8.66. The summed E-state index contributed by atoms with van der Waals surface area (Å²) >= 11 is 3.59. The molecule has 2 aromatic carbocycles. The molecule has 0 aliphatic carbocycles. The fourth-order valence-corrected chi connectivity index (χ4v) is 4.68. The molecule has 2 atom stereocenters. The van der Waals surface area contributed by atoms with Crippen molar-refractivity contribution >= 4 is 27.7 Å². The van der Waals surface area contributed by atoms with E-state index in [9.17, 15) is 4.79 Å². The SMILES string of the molecule is CCC(CC)OC(=O)N[C@@H]1CCCN2c3cc(Br)ccc3Oc3ccccc3[C@H]12. The van der Waals surface area contributed by atoms with Gasteiger partial charge < -0.3 is 19.7 Å². The van der Waals surface area contributed by atoms with Gasteiger partial charge in [-0.1, -0.05) is 48.0 Å². The summed E-state index contributed by atoms with van der Waals surface area (Å²) in [5.41, 5.74) is 2.13. The zero-order valence-electron chi connectivity index (χ0n) is 16.9. The zero-order valence-corrected chi connectivity index (χ0v) is 18.4. The van der Waals surface area contributed by atoms with Crippen LogP contribution in [0.15, 0.2) is 46.9 Å². The Morgan fingerprint density at radius 1 is 1.24 bits per heavy atom. The van der Waals surface area contributed by atoms with Crippen LogP contribution in [0.2, 0.25) is 0 Å². The Hall–Kier alpha value is -2.21. The number of hydrogen-bond donors (Lipinski definition) is 1. The molecule has 6 heteroatoms. The smallest absolute Gasteiger partial charge is 0.407 e. The van der Waals surface area contributed by atoms with E-state index in [2.05, 4.69) is 38.3 Å². The van der Waals surface area contributed by atoms with Crippen LogP contribution in [0, 0.1) is 0 Å². The Bertz CT molecular complexity index is 884. The maximum absolute atomic E-state index is 12.6. The molecule has 2 aliphatic rings. The molecule has 5 nitrogen and oxygen atoms in total. The predicted molar refractivity (Wildman–Crippen MR) is 118 cm³/mol. The number of carbonyl (C=O) groups excluding carboxylic acids is 1. The van der Waals surface area contributed by atoms with Gasteiger partial charge in [0.2, 0.25) is 0 Å². The summed E-state index contributed by atoms with van der Waals surface area (Å²) in [6.45, 7) is 4.99. The van der Waals surface area contributed by atoms with Crippen molar-refractivity contribution in [3.63, 3.8) is 0 Å². The number of hydrogen-bond acceptors (Lipinski definition) is 4. The van der Waals surface area contributed by atoms with E-state index < -0.39 is 0 Å². The van der Waals surface area contributed by atoms with E-state index >= 15 is 0 Å². The summed E-state index contributed by atoms with van der Waals surface area (Å²) in [5, 5.41) is 3.16. The molecule has 1 fully saturated rings. The van der Waals surface area contributed by atoms with Gasteiger partial charge in [0.05, 0.1) is 17.8 Å². The molecule has 2 aliphatic heterocycles. The number of nitrogens with zero attached hydrogens (tertiary/aromatic N) is 1. The lowest BCUT2D eigenvalue weighted by atomic mass is 9.89. The normalized spacial score (nSPS) is 20.1. The number of ether oxygens (including phenoxy) is 2. The second-order valence-corrected chi connectivity index (χ2v) is 8.54. The lowest BCUT2D eigenvalue weighted by Gasteiger charge is -2.42. The van der Waals surface area contributed by atoms with Gasteiger partial charge in [-0.15, -0.1) is 0 Å². The highest BCUT2D eigenvalue weighted by Crippen LogP contribution is 2.48. The highest BCUT2D eigenvalue weighted by atomic mass is 79.9. The Balaban J connectivity index is 1.69. The summed E-state index contributed by atoms with van der Waals surface area (Å²) in [7, 11) is 0. The molecule has 0 spiro atoms. The van der Waals surface area contributed by atoms with Gasteiger partial charge in [-0.3, -0.25) is 0 Å². The van der Waals surface area contributed by atoms with Crippen LogP contribution in [0.5, 0.6) is 11.5 Å². The van der Waals surface area contributed by atoms with Gasteiger partial charge in [-0.2, -0.15) is 0 Å². The Morgan fingerprint density at radius 2 is 2.03 bits per heavy atom. The number of nitrogens with one attached hydrogen (secondary N) is 1. The molecule has 0 saturated carbocycles. The van der Waals surface area contributed by atoms with Crippen LogP contribution in [-0.2, 0) is 4.74 Å². The maximum atomic E-state index is 12.6. The molecule has 154 valence electrons. The molecule has 1 amide bonds. The van der Waals surface area contributed by atoms with Crippen LogP contribution in [0.4, 0.5) is 10.5 Å². The van der Waals surface area contributed by atoms with E-state index in [4.69, 9.17) is 9.47 Å². The molecule has 0 bridgehead atoms. The molecule has 2 aromatic rings. The van der Waals surface area contributed by atoms with Crippen molar-refractivity contribution in [1.29, 1.82) is 0 Å². The minimum absolute atomic E-state index is 0.00949. The van der Waals surface area contributed by atoms with E-state index in [0.717, 1.165) is 59.5 Å². The molecule has 29 heavy (non-hydrogen) atoms. The minimum Gasteiger partial charge on any atom is -0.455 e. The van der Waals surface area contributed by atoms with Gasteiger partial charge in [0.15, 0.2) is 5.75 Å². The quantitative estimate of drug-likeness (QED) is 0.593. The number of rotatable bonds is 4. The Kier molecular flexibility index (Phi) is 5.99. The van der Waals surface area contributed by atoms with Crippen LogP contribution in [0.1, 0.15) is 51.1 Å². The summed E-state index contributed by atoms with van der Waals surface area (Å²) in [4.78, 5) is 15.0. The standard InChI is InChI=1S/C23H27BrN2O3/c1-3-16(4-2)28-23(27)25-18-9-7-13-26-19-14-15(24)11-12-21(19)29-20-10-6-5-8-17(20)22(18)26/h5-6,8,10-12,14,16,18,22H,3-4,7,9,13H2,1-2H3,(H,25,27)/t18-,22-/m1/s1. The van der Waals surface area contributed by atoms with E-state index in [1.54, 1.807) is 0 Å². The monoisotopic (exact) mass is 458 g/mol. The fourth-order valence-electron chi connectivity index (χ4n) is 4.33. The summed E-state index contributed by atoms with van der Waals surface area (Å²) in [5.74, 6) is 1.68. The number of anilines is 1. The highest BCUT2D eigenvalue weighted by molar-refractivity contribution is 9.10. The van der Waals surface area contributed by atoms with E-state index in [1.165, 1.54) is 0 Å². The van der Waals surface area contributed by atoms with Crippen LogP contribution < -0.4 is 15.0 Å². The van der Waals surface area contributed by atoms with Crippen molar-refractivity contribution in [1.82, 2.24) is 5.32 Å². The third kappa shape index (κ3) is 4.08. The molecule has 1 saturated heterocycles. The number of fused-ring (bicyclic) bond motifs is 5. The molecule has 0 unspecified atom stereocenters. The lowest BCUT2D eigenvalue weighted by molar-refractivity contribution is 0.0876. The average molecular weight is 459 g/mol. The summed E-state index contributed by atoms with van der Waals surface area (Å²) < 4.78 is 12.9. The van der Waals surface area contributed by atoms with Crippen molar-refractivity contribution in [2.45, 2.75) is 57.7 Å². The van der Waals surface area contributed by atoms with Crippen LogP contribution in [0.3, 0.4) is 0 Å². The first-order chi connectivity index (χ1) is 14.1. The van der Waals surface area contributed by atoms with Gasteiger partial charge in [0, 0.05) is 16.6 Å². The van der Waals surface area contributed by atoms with Gasteiger partial charge in [0.25, 0.3) is 0 Å². The van der Waals surface area contributed by atoms with Crippen LogP contribution >= 0.6 is 15.9 Å². The third-order valence-electron chi connectivity index (χ3n) is 5.81. The average Bonchev–Trinajstić information content (AvgIpc) is 2.87. The van der Waals surface area contributed by atoms with Crippen molar-refractivity contribution in [3.8, 4) is 11.5 Å². The number of carbonyl (C=O) groups is 1. The van der Waals surface area contributed by atoms with Gasteiger partial charge in [-0.25, -0.2) is 4.79 Å². The van der Waals surface area contributed by atoms with E-state index in [1.807, 2.05) is 44.2 Å². The number of amides is 1. The first-order valence-electron chi connectivity index (χ1n) is 10.4. The Labute approximate surface area is 180 Å². The molecular weight excluding hydrogens is 432 g/mol. The molecule has 0 radical (unpaired) electrons. The summed E-state index contributed by atoms with van der Waals surface area (Å²) in [6.07, 6.45) is 3.15. The van der Waals surface area contributed by atoms with Crippen LogP contribution in [-0.4, -0.2) is 24.8 Å². The summed E-state index contributed by atoms with van der Waals surface area (Å²) in [6, 6.07) is 14.1. The molecule has 1 N–H and O–H groups in total. The van der Waals surface area contributed by atoms with Gasteiger partial charge in [0.1, 0.15) is 11.9 Å². The fraction of sp³-hybridized carbons (Fsp3) is 0.435. The molecule has 2 heterocycles. The van der Waals surface area contributed by atoms with Crippen molar-refractivity contribution in [2.24, 2.45) is 0 Å². The van der Waals surface area contributed by atoms with Crippen LogP contribution in [0.25, 0.3) is 0 Å². The predicted octanol–water partition coefficient (Wildman–Crippen LogP) is 6.18. The van der Waals surface area contributed by atoms with E-state index in [0.29, 0.717) is 0 Å².